The van der Waals surface area contributed by atoms with Gasteiger partial charge in [0, 0.05) is 24.1 Å². The molecule has 1 saturated heterocycles. The van der Waals surface area contributed by atoms with Crippen LogP contribution in [0, 0.1) is 0 Å². The van der Waals surface area contributed by atoms with E-state index < -0.39 is 12.0 Å². The first kappa shape index (κ1) is 19.5. The highest BCUT2D eigenvalue weighted by atomic mass is 32.2. The lowest BCUT2D eigenvalue weighted by atomic mass is 10.2. The fraction of sp³-hybridized carbons (Fsp3) is 0.389. The van der Waals surface area contributed by atoms with E-state index in [-0.39, 0.29) is 23.8 Å². The SMILES string of the molecule is CC(=O)N1[C@@H](C(=O)OCC(=O)NCCc2cccs2)CS[C@H]1c1ccco1. The average Bonchev–Trinajstić information content (AvgIpc) is 3.39. The van der Waals surface area contributed by atoms with Gasteiger partial charge in [-0.1, -0.05) is 6.07 Å². The number of hydrogen-bond acceptors (Lipinski definition) is 7. The molecule has 7 nitrogen and oxygen atoms in total. The highest BCUT2D eigenvalue weighted by Crippen LogP contribution is 2.41. The lowest BCUT2D eigenvalue weighted by Gasteiger charge is -2.25. The summed E-state index contributed by atoms with van der Waals surface area (Å²) in [5.41, 5.74) is 0. The molecule has 1 fully saturated rings. The fourth-order valence-electron chi connectivity index (χ4n) is 2.79. The van der Waals surface area contributed by atoms with E-state index in [9.17, 15) is 14.4 Å². The molecule has 3 rings (SSSR count). The van der Waals surface area contributed by atoms with Crippen molar-refractivity contribution in [2.75, 3.05) is 18.9 Å². The highest BCUT2D eigenvalue weighted by Gasteiger charge is 2.43. The van der Waals surface area contributed by atoms with E-state index in [0.717, 1.165) is 6.42 Å². The number of carbonyl (C=O) groups is 3. The van der Waals surface area contributed by atoms with Gasteiger partial charge in [-0.2, -0.15) is 0 Å². The first-order valence-corrected chi connectivity index (χ1v) is 10.4. The zero-order chi connectivity index (χ0) is 19.2. The summed E-state index contributed by atoms with van der Waals surface area (Å²) in [5.74, 6) is -0.188. The molecule has 1 N–H and O–H groups in total. The summed E-state index contributed by atoms with van der Waals surface area (Å²) in [4.78, 5) is 38.9. The normalized spacial score (nSPS) is 19.1. The number of amides is 2. The first-order valence-electron chi connectivity index (χ1n) is 8.46. The van der Waals surface area contributed by atoms with Crippen LogP contribution in [0.15, 0.2) is 40.3 Å². The third-order valence-corrected chi connectivity index (χ3v) is 6.26. The summed E-state index contributed by atoms with van der Waals surface area (Å²) in [6, 6.07) is 6.73. The third kappa shape index (κ3) is 4.92. The van der Waals surface area contributed by atoms with Crippen LogP contribution in [0.5, 0.6) is 0 Å². The van der Waals surface area contributed by atoms with Gasteiger partial charge in [0.15, 0.2) is 6.61 Å². The van der Waals surface area contributed by atoms with Crippen molar-refractivity contribution < 1.29 is 23.5 Å². The molecule has 3 heterocycles. The maximum Gasteiger partial charge on any atom is 0.330 e. The standard InChI is InChI=1S/C18H20N2O5S2/c1-12(21)20-14(11-27-17(20)15-5-2-8-24-15)18(23)25-10-16(22)19-7-6-13-4-3-9-26-13/h2-5,8-9,14,17H,6-7,10-11H2,1H3,(H,19,22)/t14-,17+/m1/s1. The zero-order valence-corrected chi connectivity index (χ0v) is 16.4. The first-order chi connectivity index (χ1) is 13.1. The number of furan rings is 1. The molecule has 2 aromatic rings. The molecule has 1 aliphatic heterocycles. The van der Waals surface area contributed by atoms with E-state index in [1.807, 2.05) is 17.5 Å². The molecule has 2 amide bonds. The Hall–Kier alpha value is -2.26. The van der Waals surface area contributed by atoms with E-state index in [2.05, 4.69) is 5.32 Å². The second-order valence-electron chi connectivity index (χ2n) is 5.93. The molecular formula is C18H20N2O5S2. The number of carbonyl (C=O) groups excluding carboxylic acids is 3. The van der Waals surface area contributed by atoms with Gasteiger partial charge in [0.1, 0.15) is 17.2 Å². The van der Waals surface area contributed by atoms with Gasteiger partial charge in [0.05, 0.1) is 6.26 Å². The van der Waals surface area contributed by atoms with Crippen molar-refractivity contribution >= 4 is 40.9 Å². The Labute approximate surface area is 165 Å². The Bertz CT molecular complexity index is 776. The molecule has 2 aromatic heterocycles. The molecule has 0 spiro atoms. The van der Waals surface area contributed by atoms with Gasteiger partial charge < -0.3 is 19.4 Å². The smallest absolute Gasteiger partial charge is 0.330 e. The van der Waals surface area contributed by atoms with Crippen LogP contribution in [0.1, 0.15) is 22.9 Å². The minimum atomic E-state index is -0.735. The Balaban J connectivity index is 1.48. The van der Waals surface area contributed by atoms with Crippen LogP contribution < -0.4 is 5.32 Å². The van der Waals surface area contributed by atoms with Crippen LogP contribution in [0.25, 0.3) is 0 Å². The van der Waals surface area contributed by atoms with Gasteiger partial charge in [0.25, 0.3) is 5.91 Å². The quantitative estimate of drug-likeness (QED) is 0.707. The van der Waals surface area contributed by atoms with Gasteiger partial charge in [0.2, 0.25) is 5.91 Å². The molecular weight excluding hydrogens is 388 g/mol. The Morgan fingerprint density at radius 3 is 2.85 bits per heavy atom. The zero-order valence-electron chi connectivity index (χ0n) is 14.8. The molecule has 2 atom stereocenters. The minimum absolute atomic E-state index is 0.247. The summed E-state index contributed by atoms with van der Waals surface area (Å²) >= 11 is 3.06. The van der Waals surface area contributed by atoms with Crippen LogP contribution >= 0.6 is 23.1 Å². The number of rotatable bonds is 7. The molecule has 27 heavy (non-hydrogen) atoms. The van der Waals surface area contributed by atoms with Crippen molar-refractivity contribution in [2.45, 2.75) is 24.8 Å². The van der Waals surface area contributed by atoms with E-state index in [1.54, 1.807) is 23.5 Å². The Morgan fingerprint density at radius 2 is 2.19 bits per heavy atom. The molecule has 0 radical (unpaired) electrons. The van der Waals surface area contributed by atoms with Crippen LogP contribution in [-0.2, 0) is 25.5 Å². The van der Waals surface area contributed by atoms with Crippen molar-refractivity contribution in [2.24, 2.45) is 0 Å². The largest absolute Gasteiger partial charge is 0.466 e. The van der Waals surface area contributed by atoms with E-state index in [4.69, 9.17) is 9.15 Å². The summed E-state index contributed by atoms with van der Waals surface area (Å²) < 4.78 is 10.5. The van der Waals surface area contributed by atoms with Crippen molar-refractivity contribution in [1.82, 2.24) is 10.2 Å². The van der Waals surface area contributed by atoms with E-state index in [1.165, 1.54) is 34.7 Å². The van der Waals surface area contributed by atoms with E-state index in [0.29, 0.717) is 18.1 Å². The summed E-state index contributed by atoms with van der Waals surface area (Å²) in [6.07, 6.45) is 2.26. The van der Waals surface area contributed by atoms with Crippen molar-refractivity contribution in [3.8, 4) is 0 Å². The van der Waals surface area contributed by atoms with Gasteiger partial charge in [-0.3, -0.25) is 9.59 Å². The number of esters is 1. The number of hydrogen-bond donors (Lipinski definition) is 1. The van der Waals surface area contributed by atoms with Crippen molar-refractivity contribution in [1.29, 1.82) is 0 Å². The fourth-order valence-corrected chi connectivity index (χ4v) is 4.91. The second-order valence-corrected chi connectivity index (χ2v) is 8.08. The summed E-state index contributed by atoms with van der Waals surface area (Å²) in [6.45, 7) is 1.53. The number of thiophene rings is 1. The third-order valence-electron chi connectivity index (χ3n) is 4.04. The lowest BCUT2D eigenvalue weighted by Crippen LogP contribution is -2.43. The molecule has 0 saturated carbocycles. The van der Waals surface area contributed by atoms with Gasteiger partial charge in [-0.15, -0.1) is 23.1 Å². The summed E-state index contributed by atoms with van der Waals surface area (Å²) in [5, 5.41) is 4.34. The Morgan fingerprint density at radius 1 is 1.33 bits per heavy atom. The van der Waals surface area contributed by atoms with Gasteiger partial charge >= 0.3 is 5.97 Å². The van der Waals surface area contributed by atoms with Crippen LogP contribution in [0.2, 0.25) is 0 Å². The molecule has 0 bridgehead atoms. The predicted octanol–water partition coefficient (Wildman–Crippen LogP) is 2.21. The second kappa shape index (κ2) is 9.09. The van der Waals surface area contributed by atoms with Gasteiger partial charge in [-0.25, -0.2) is 4.79 Å². The number of nitrogens with zero attached hydrogens (tertiary/aromatic N) is 1. The van der Waals surface area contributed by atoms with Gasteiger partial charge in [-0.05, 0) is 30.0 Å². The monoisotopic (exact) mass is 408 g/mol. The van der Waals surface area contributed by atoms with E-state index >= 15 is 0 Å². The molecule has 9 heteroatoms. The topological polar surface area (TPSA) is 88.8 Å². The molecule has 0 aromatic carbocycles. The highest BCUT2D eigenvalue weighted by molar-refractivity contribution is 7.99. The molecule has 1 aliphatic rings. The Kier molecular flexibility index (Phi) is 6.57. The van der Waals surface area contributed by atoms with Crippen molar-refractivity contribution in [3.63, 3.8) is 0 Å². The van der Waals surface area contributed by atoms with Crippen LogP contribution in [0.4, 0.5) is 0 Å². The minimum Gasteiger partial charge on any atom is -0.466 e. The number of nitrogens with one attached hydrogen (secondary N) is 1. The maximum atomic E-state index is 12.4. The van der Waals surface area contributed by atoms with Crippen molar-refractivity contribution in [3.05, 3.63) is 46.5 Å². The molecule has 144 valence electrons. The number of ether oxygens (including phenoxy) is 1. The number of thioether (sulfide) groups is 1. The summed E-state index contributed by atoms with van der Waals surface area (Å²) in [7, 11) is 0. The molecule has 0 unspecified atom stereocenters. The average molecular weight is 409 g/mol. The predicted molar refractivity (Wildman–Crippen MR) is 102 cm³/mol. The van der Waals surface area contributed by atoms with Crippen LogP contribution in [0.3, 0.4) is 0 Å². The molecule has 0 aliphatic carbocycles. The maximum absolute atomic E-state index is 12.4. The van der Waals surface area contributed by atoms with Crippen LogP contribution in [-0.4, -0.2) is 47.6 Å². The lowest BCUT2D eigenvalue weighted by molar-refractivity contribution is -0.156.